The summed E-state index contributed by atoms with van der Waals surface area (Å²) in [5.41, 5.74) is 0.748. The van der Waals surface area contributed by atoms with Gasteiger partial charge in [0, 0.05) is 0 Å². The fourth-order valence-electron chi connectivity index (χ4n) is 0.652. The molecule has 0 saturated carbocycles. The summed E-state index contributed by atoms with van der Waals surface area (Å²) in [7, 11) is 0. The van der Waals surface area contributed by atoms with Gasteiger partial charge in [-0.2, -0.15) is 0 Å². The molecule has 0 bridgehead atoms. The van der Waals surface area contributed by atoms with Gasteiger partial charge < -0.3 is 0 Å². The maximum atomic E-state index is 3.88. The second-order valence-electron chi connectivity index (χ2n) is 1.61. The van der Waals surface area contributed by atoms with E-state index in [0.29, 0.717) is 5.82 Å². The van der Waals surface area contributed by atoms with E-state index < -0.39 is 0 Å². The largest absolute Gasteiger partial charge is 0.242 e. The van der Waals surface area contributed by atoms with Crippen molar-refractivity contribution in [2.45, 2.75) is 0 Å². The quantitative estimate of drug-likeness (QED) is 0.496. The van der Waals surface area contributed by atoms with Gasteiger partial charge in [-0.25, -0.2) is 20.3 Å². The van der Waals surface area contributed by atoms with Gasteiger partial charge in [-0.1, -0.05) is 0 Å². The number of hydrogen-bond donors (Lipinski definition) is 0. The van der Waals surface area contributed by atoms with Gasteiger partial charge in [0.05, 0.1) is 6.20 Å². The van der Waals surface area contributed by atoms with E-state index >= 15 is 0 Å². The predicted octanol–water partition coefficient (Wildman–Crippen LogP) is 0.386. The third-order valence-electron chi connectivity index (χ3n) is 1.05. The van der Waals surface area contributed by atoms with E-state index in [1.165, 1.54) is 12.7 Å². The van der Waals surface area contributed by atoms with Crippen LogP contribution in [0.2, 0.25) is 0 Å². The first-order chi connectivity index (χ1) is 4.47. The molecule has 0 spiro atoms. The van der Waals surface area contributed by atoms with E-state index in [4.69, 9.17) is 0 Å². The van der Waals surface area contributed by atoms with Crippen molar-refractivity contribution in [2.24, 2.45) is 4.99 Å². The van der Waals surface area contributed by atoms with Crippen molar-refractivity contribution >= 4 is 17.8 Å². The van der Waals surface area contributed by atoms with Gasteiger partial charge in [-0.3, -0.25) is 0 Å². The molecule has 1 aromatic rings. The number of aromatic nitrogens is 2. The lowest BCUT2D eigenvalue weighted by molar-refractivity contribution is 1.12. The lowest BCUT2D eigenvalue weighted by Gasteiger charge is -1.88. The minimum atomic E-state index is 0.657. The molecule has 2 heterocycles. The Labute approximate surface area is 51.7 Å². The summed E-state index contributed by atoms with van der Waals surface area (Å²) in [4.78, 5) is 11.5. The molecule has 0 aliphatic carbocycles. The Morgan fingerprint density at radius 3 is 3.22 bits per heavy atom. The summed E-state index contributed by atoms with van der Waals surface area (Å²) in [5, 5.41) is 3.86. The molecule has 0 aromatic carbocycles. The van der Waals surface area contributed by atoms with Crippen LogP contribution in [0.1, 0.15) is 0 Å². The minimum absolute atomic E-state index is 0.657. The molecule has 9 heavy (non-hydrogen) atoms. The first-order valence-corrected chi connectivity index (χ1v) is 2.50. The van der Waals surface area contributed by atoms with Crippen LogP contribution in [0, 0.1) is 0 Å². The Hall–Kier alpha value is -1.45. The summed E-state index contributed by atoms with van der Waals surface area (Å²) in [5.74, 6) is 0.657. The van der Waals surface area contributed by atoms with E-state index in [-0.39, 0.29) is 0 Å². The van der Waals surface area contributed by atoms with Crippen molar-refractivity contribution in [1.82, 2.24) is 15.3 Å². The van der Waals surface area contributed by atoms with Gasteiger partial charge in [-0.15, -0.1) is 0 Å². The molecule has 0 fully saturated rings. The zero-order valence-electron chi connectivity index (χ0n) is 4.52. The van der Waals surface area contributed by atoms with Gasteiger partial charge in [0.15, 0.2) is 5.82 Å². The van der Waals surface area contributed by atoms with Crippen LogP contribution < -0.4 is 5.32 Å². The van der Waals surface area contributed by atoms with Crippen LogP contribution in [0.4, 0.5) is 11.5 Å². The second-order valence-corrected chi connectivity index (χ2v) is 1.61. The number of aliphatic imine (C=N–C) groups is 1. The van der Waals surface area contributed by atoms with E-state index in [9.17, 15) is 0 Å². The average Bonchev–Trinajstić information content (AvgIpc) is 2.33. The fraction of sp³-hybridized carbons (Fsp3) is 0. The Bertz CT molecular complexity index is 255. The Kier molecular flexibility index (Phi) is 0.745. The lowest BCUT2D eigenvalue weighted by Crippen LogP contribution is -1.88. The van der Waals surface area contributed by atoms with Gasteiger partial charge in [-0.05, 0) is 0 Å². The third-order valence-corrected chi connectivity index (χ3v) is 1.05. The highest BCUT2D eigenvalue weighted by molar-refractivity contribution is 5.78. The van der Waals surface area contributed by atoms with E-state index in [0.717, 1.165) is 5.69 Å². The molecule has 1 aliphatic heterocycles. The van der Waals surface area contributed by atoms with Crippen molar-refractivity contribution in [3.05, 3.63) is 12.5 Å². The van der Waals surface area contributed by atoms with E-state index in [2.05, 4.69) is 20.3 Å². The molecule has 1 aliphatic rings. The van der Waals surface area contributed by atoms with Crippen LogP contribution in [0.25, 0.3) is 0 Å². The molecule has 4 heteroatoms. The van der Waals surface area contributed by atoms with Crippen molar-refractivity contribution in [3.8, 4) is 0 Å². The van der Waals surface area contributed by atoms with Crippen LogP contribution in [0.5, 0.6) is 0 Å². The Morgan fingerprint density at radius 1 is 1.33 bits per heavy atom. The normalized spacial score (nSPS) is 12.9. The van der Waals surface area contributed by atoms with E-state index in [1.54, 1.807) is 6.20 Å². The monoisotopic (exact) mass is 119 g/mol. The molecule has 43 valence electrons. The highest BCUT2D eigenvalue weighted by Crippen LogP contribution is 2.22. The predicted molar refractivity (Wildman–Crippen MR) is 32.0 cm³/mol. The van der Waals surface area contributed by atoms with Crippen molar-refractivity contribution in [2.75, 3.05) is 0 Å². The minimum Gasteiger partial charge on any atom is -0.242 e. The van der Waals surface area contributed by atoms with Crippen LogP contribution in [0.15, 0.2) is 17.5 Å². The summed E-state index contributed by atoms with van der Waals surface area (Å²) in [6.45, 7) is 0. The number of nitrogens with zero attached hydrogens (tertiary/aromatic N) is 4. The molecule has 0 atom stereocenters. The molecule has 0 unspecified atom stereocenters. The Balaban J connectivity index is 2.63. The molecule has 4 nitrogen and oxygen atoms in total. The fourth-order valence-corrected chi connectivity index (χ4v) is 0.652. The van der Waals surface area contributed by atoms with Crippen molar-refractivity contribution < 1.29 is 0 Å². The molecule has 1 aromatic heterocycles. The second kappa shape index (κ2) is 1.51. The lowest BCUT2D eigenvalue weighted by atomic mass is 10.5. The standard InChI is InChI=1S/C5H3N4/c1-4-5(8-2-6-1)9-3-7-4/h1-3H. The van der Waals surface area contributed by atoms with E-state index in [1.807, 2.05) is 0 Å². The summed E-state index contributed by atoms with van der Waals surface area (Å²) in [6.07, 6.45) is 4.56. The molecular formula is C5H3N4. The number of fused-ring (bicyclic) bond motifs is 1. The molecule has 2 rings (SSSR count). The SMILES string of the molecule is C1=Nc2cncnc2[N]1. The first kappa shape index (κ1) is 4.43. The Morgan fingerprint density at radius 2 is 2.33 bits per heavy atom. The molecule has 1 radical (unpaired) electrons. The van der Waals surface area contributed by atoms with Gasteiger partial charge >= 0.3 is 0 Å². The highest BCUT2D eigenvalue weighted by atomic mass is 15.1. The van der Waals surface area contributed by atoms with Crippen LogP contribution in [-0.4, -0.2) is 16.3 Å². The maximum Gasteiger partial charge on any atom is 0.182 e. The maximum absolute atomic E-state index is 3.88. The third kappa shape index (κ3) is 0.561. The number of hydrogen-bond acceptors (Lipinski definition) is 3. The average molecular weight is 119 g/mol. The van der Waals surface area contributed by atoms with Crippen LogP contribution in [-0.2, 0) is 0 Å². The zero-order valence-corrected chi connectivity index (χ0v) is 4.52. The zero-order chi connectivity index (χ0) is 6.10. The molecular weight excluding hydrogens is 116 g/mol. The van der Waals surface area contributed by atoms with Gasteiger partial charge in [0.25, 0.3) is 0 Å². The summed E-state index contributed by atoms with van der Waals surface area (Å²) >= 11 is 0. The summed E-state index contributed by atoms with van der Waals surface area (Å²) < 4.78 is 0. The van der Waals surface area contributed by atoms with Crippen molar-refractivity contribution in [1.29, 1.82) is 0 Å². The number of rotatable bonds is 0. The van der Waals surface area contributed by atoms with Crippen LogP contribution >= 0.6 is 0 Å². The highest BCUT2D eigenvalue weighted by Gasteiger charge is 2.05. The molecule has 0 N–H and O–H groups in total. The van der Waals surface area contributed by atoms with Crippen molar-refractivity contribution in [3.63, 3.8) is 0 Å². The smallest absolute Gasteiger partial charge is 0.182 e. The summed E-state index contributed by atoms with van der Waals surface area (Å²) in [6, 6.07) is 0. The van der Waals surface area contributed by atoms with Gasteiger partial charge in [0.2, 0.25) is 0 Å². The molecule has 0 saturated heterocycles. The molecule has 0 amide bonds. The van der Waals surface area contributed by atoms with Gasteiger partial charge in [0.1, 0.15) is 18.4 Å². The topological polar surface area (TPSA) is 52.2 Å². The van der Waals surface area contributed by atoms with Crippen LogP contribution in [0.3, 0.4) is 0 Å². The first-order valence-electron chi connectivity index (χ1n) is 2.50.